The van der Waals surface area contributed by atoms with E-state index >= 15 is 0 Å². The van der Waals surface area contributed by atoms with Crippen LogP contribution < -0.4 is 71.2 Å². The van der Waals surface area contributed by atoms with Crippen LogP contribution in [0.1, 0.15) is 133 Å². The Balaban J connectivity index is 1.67. The monoisotopic (exact) mass is 1310 g/mol. The predicted octanol–water partition coefficient (Wildman–Crippen LogP) is -0.262. The Hall–Kier alpha value is -8.57. The van der Waals surface area contributed by atoms with E-state index in [2.05, 4.69) is 42.5 Å². The fraction of sp³-hybridized carbons (Fsp3) is 0.561. The maximum absolute atomic E-state index is 14.9. The highest BCUT2D eigenvalue weighted by atomic mass is 16.4. The number of nitrogens with zero attached hydrogens (tertiary/aromatic N) is 1. The third-order valence-electron chi connectivity index (χ3n) is 16.5. The molecule has 3 aromatic rings. The largest absolute Gasteiger partial charge is 0.508 e. The van der Waals surface area contributed by atoms with Gasteiger partial charge in [0.15, 0.2) is 0 Å². The molecule has 21 N–H and O–H groups in total. The van der Waals surface area contributed by atoms with Crippen LogP contribution in [-0.2, 0) is 72.0 Å². The molecule has 0 spiro atoms. The SMILES string of the molecule is CC[C@H](C)[C@H](N)C(=O)N[C@@H](CCCCN)C(=O)N[C@@H](Cc1ccc(O)cc1)C(=O)N[C@@H](Cc1ccccc1)C(=O)N[C@@H](CCCCN)C(=O)N[C@@H](CCCCN)C(=O)N[C@@H](Cc1ccccc1)C(=O)N1CCC[C@H]1C(=O)N[C@@H](CCCCN)C(=O)N[C@@H](CC(=O)O)C(=O)O. The smallest absolute Gasteiger partial charge is 0.326 e. The molecule has 0 aromatic heterocycles. The van der Waals surface area contributed by atoms with Crippen molar-refractivity contribution in [1.82, 2.24) is 47.4 Å². The summed E-state index contributed by atoms with van der Waals surface area (Å²) < 4.78 is 0. The highest BCUT2D eigenvalue weighted by molar-refractivity contribution is 5.99. The third kappa shape index (κ3) is 26.8. The van der Waals surface area contributed by atoms with E-state index in [4.69, 9.17) is 28.7 Å². The Kier molecular flexibility index (Phi) is 34.7. The molecule has 0 unspecified atom stereocenters. The lowest BCUT2D eigenvalue weighted by Crippen LogP contribution is -2.61. The molecular formula is C66H100N14O14. The number of benzene rings is 3. The average molecular weight is 1310 g/mol. The first-order valence-corrected chi connectivity index (χ1v) is 32.6. The highest BCUT2D eigenvalue weighted by Gasteiger charge is 2.41. The second-order valence-electron chi connectivity index (χ2n) is 23.9. The van der Waals surface area contributed by atoms with Crippen molar-refractivity contribution < 1.29 is 68.1 Å². The molecule has 0 aliphatic carbocycles. The lowest BCUT2D eigenvalue weighted by atomic mass is 9.98. The summed E-state index contributed by atoms with van der Waals surface area (Å²) in [4.78, 5) is 154. The van der Waals surface area contributed by atoms with E-state index in [1.54, 1.807) is 72.8 Å². The van der Waals surface area contributed by atoms with Crippen molar-refractivity contribution in [3.8, 4) is 5.75 Å². The van der Waals surface area contributed by atoms with Crippen LogP contribution in [0.2, 0.25) is 0 Å². The summed E-state index contributed by atoms with van der Waals surface area (Å²) in [5.74, 6) is -10.2. The lowest BCUT2D eigenvalue weighted by Gasteiger charge is -2.31. The summed E-state index contributed by atoms with van der Waals surface area (Å²) in [7, 11) is 0. The minimum absolute atomic E-state index is 0.00217. The van der Waals surface area contributed by atoms with Gasteiger partial charge in [-0.05, 0) is 151 Å². The van der Waals surface area contributed by atoms with Crippen LogP contribution >= 0.6 is 0 Å². The molecule has 518 valence electrons. The number of carboxylic acid groups (broad SMARTS) is 2. The molecule has 94 heavy (non-hydrogen) atoms. The summed E-state index contributed by atoms with van der Waals surface area (Å²) in [5, 5.41) is 50.8. The maximum atomic E-state index is 14.9. The van der Waals surface area contributed by atoms with Gasteiger partial charge in [-0.2, -0.15) is 0 Å². The number of likely N-dealkylation sites (tertiary alicyclic amines) is 1. The van der Waals surface area contributed by atoms with Crippen molar-refractivity contribution in [1.29, 1.82) is 0 Å². The van der Waals surface area contributed by atoms with Crippen LogP contribution in [0.3, 0.4) is 0 Å². The third-order valence-corrected chi connectivity index (χ3v) is 16.5. The second kappa shape index (κ2) is 41.9. The Morgan fingerprint density at radius 3 is 1.21 bits per heavy atom. The van der Waals surface area contributed by atoms with Crippen molar-refractivity contribution in [3.63, 3.8) is 0 Å². The van der Waals surface area contributed by atoms with Crippen LogP contribution in [0.25, 0.3) is 0 Å². The predicted molar refractivity (Wildman–Crippen MR) is 351 cm³/mol. The number of phenols is 1. The summed E-state index contributed by atoms with van der Waals surface area (Å²) in [6.45, 7) is 4.79. The quantitative estimate of drug-likeness (QED) is 0.0324. The van der Waals surface area contributed by atoms with Gasteiger partial charge in [0.05, 0.1) is 12.5 Å². The Morgan fingerprint density at radius 2 is 0.819 bits per heavy atom. The van der Waals surface area contributed by atoms with Crippen LogP contribution in [0.5, 0.6) is 5.75 Å². The number of hydrogen-bond donors (Lipinski definition) is 16. The van der Waals surface area contributed by atoms with E-state index in [9.17, 15) is 68.1 Å². The normalized spacial score (nSPS) is 16.0. The number of unbranched alkanes of at least 4 members (excludes halogenated alkanes) is 4. The molecule has 28 nitrogen and oxygen atoms in total. The standard InChI is InChI=1S/C66H100N14O14/c1-3-41(2)56(71)64(91)75-49(26-13-17-35-70)58(85)76-51(38-44-28-30-45(81)31-29-44)62(89)77-50(37-42-19-6-4-7-20-42)61(88)73-46(23-10-14-32-67)57(84)72-47(24-11-15-33-68)59(86)78-52(39-43-21-8-5-9-22-43)65(92)80-36-18-27-54(80)63(90)74-48(25-12-16-34-69)60(87)79-53(66(93)94)40-55(82)83/h4-9,19-22,28-31,41,46-54,56,81H,3,10-18,23-27,32-40,67-71H2,1-2H3,(H,72,84)(H,73,88)(H,74,90)(H,75,91)(H,76,85)(H,77,89)(H,78,86)(H,79,87)(H,82,83)(H,93,94)/t41-,46-,47-,48-,49-,50-,51-,52-,53-,54-,56-/m0/s1. The molecule has 4 rings (SSSR count). The molecule has 1 saturated heterocycles. The van der Waals surface area contributed by atoms with E-state index in [0.717, 1.165) is 0 Å². The summed E-state index contributed by atoms with van der Waals surface area (Å²) in [6.07, 6.45) is 3.28. The second-order valence-corrected chi connectivity index (χ2v) is 23.9. The molecule has 1 fully saturated rings. The molecule has 3 aromatic carbocycles. The average Bonchev–Trinajstić information content (AvgIpc) is 1.57. The van der Waals surface area contributed by atoms with E-state index in [-0.39, 0.29) is 89.2 Å². The van der Waals surface area contributed by atoms with Gasteiger partial charge in [-0.3, -0.25) is 47.9 Å². The van der Waals surface area contributed by atoms with Gasteiger partial charge in [0.2, 0.25) is 53.2 Å². The minimum atomic E-state index is -1.81. The van der Waals surface area contributed by atoms with Crippen LogP contribution in [0.4, 0.5) is 0 Å². The minimum Gasteiger partial charge on any atom is -0.508 e. The number of carbonyl (C=O) groups excluding carboxylic acids is 9. The molecule has 1 aliphatic rings. The van der Waals surface area contributed by atoms with Gasteiger partial charge >= 0.3 is 11.9 Å². The number of carboxylic acids is 2. The molecule has 9 amide bonds. The first kappa shape index (κ1) is 77.9. The number of amides is 9. The topological polar surface area (TPSA) is 478 Å². The fourth-order valence-electron chi connectivity index (χ4n) is 10.8. The van der Waals surface area contributed by atoms with Crippen molar-refractivity contribution in [3.05, 3.63) is 102 Å². The first-order chi connectivity index (χ1) is 45.0. The van der Waals surface area contributed by atoms with Gasteiger partial charge in [0.25, 0.3) is 0 Å². The molecule has 28 heteroatoms. The lowest BCUT2D eigenvalue weighted by molar-refractivity contribution is -0.147. The van der Waals surface area contributed by atoms with E-state index in [1.165, 1.54) is 17.0 Å². The van der Waals surface area contributed by atoms with Gasteiger partial charge in [0.1, 0.15) is 60.1 Å². The number of phenolic OH excluding ortho intramolecular Hbond substituents is 1. The number of aromatic hydroxyl groups is 1. The van der Waals surface area contributed by atoms with Crippen molar-refractivity contribution in [2.75, 3.05) is 32.7 Å². The van der Waals surface area contributed by atoms with Gasteiger partial charge in [-0.1, -0.05) is 93.1 Å². The zero-order valence-electron chi connectivity index (χ0n) is 54.1. The van der Waals surface area contributed by atoms with Crippen molar-refractivity contribution >= 4 is 65.1 Å². The van der Waals surface area contributed by atoms with Gasteiger partial charge in [-0.15, -0.1) is 0 Å². The number of rotatable bonds is 44. The molecule has 0 saturated carbocycles. The van der Waals surface area contributed by atoms with Crippen molar-refractivity contribution in [2.45, 2.75) is 196 Å². The highest BCUT2D eigenvalue weighted by Crippen LogP contribution is 2.22. The van der Waals surface area contributed by atoms with E-state index in [1.807, 2.05) is 13.8 Å². The van der Waals surface area contributed by atoms with Crippen LogP contribution in [0.15, 0.2) is 84.9 Å². The van der Waals surface area contributed by atoms with Gasteiger partial charge in [-0.25, -0.2) is 4.79 Å². The summed E-state index contributed by atoms with van der Waals surface area (Å²) in [6, 6.07) is 10.2. The zero-order chi connectivity index (χ0) is 69.1. The van der Waals surface area contributed by atoms with E-state index in [0.29, 0.717) is 87.4 Å². The maximum Gasteiger partial charge on any atom is 0.326 e. The van der Waals surface area contributed by atoms with Crippen LogP contribution in [-0.4, -0.2) is 178 Å². The number of hydrogen-bond acceptors (Lipinski definition) is 17. The number of carbonyl (C=O) groups is 11. The first-order valence-electron chi connectivity index (χ1n) is 32.6. The van der Waals surface area contributed by atoms with Gasteiger partial charge < -0.3 is 91.4 Å². The van der Waals surface area contributed by atoms with E-state index < -0.39 is 132 Å². The molecule has 1 heterocycles. The van der Waals surface area contributed by atoms with Gasteiger partial charge in [0, 0.05) is 25.8 Å². The Bertz CT molecular complexity index is 2910. The Labute approximate surface area is 549 Å². The molecule has 11 atom stereocenters. The number of nitrogens with two attached hydrogens (primary N) is 5. The number of nitrogens with one attached hydrogen (secondary N) is 8. The summed E-state index contributed by atoms with van der Waals surface area (Å²) >= 11 is 0. The molecule has 1 aliphatic heterocycles. The molecule has 0 radical (unpaired) electrons. The molecule has 0 bridgehead atoms. The fourth-order valence-corrected chi connectivity index (χ4v) is 10.8. The molecular weight excluding hydrogens is 1210 g/mol. The zero-order valence-corrected chi connectivity index (χ0v) is 54.1. The van der Waals surface area contributed by atoms with Crippen LogP contribution in [0, 0.1) is 5.92 Å². The number of aliphatic carboxylic acids is 2. The Morgan fingerprint density at radius 1 is 0.468 bits per heavy atom. The summed E-state index contributed by atoms with van der Waals surface area (Å²) in [5.41, 5.74) is 31.3. The van der Waals surface area contributed by atoms with Crippen molar-refractivity contribution in [2.24, 2.45) is 34.6 Å².